The summed E-state index contributed by atoms with van der Waals surface area (Å²) in [5.74, 6) is -0.0657. The van der Waals surface area contributed by atoms with Crippen molar-refractivity contribution in [2.24, 2.45) is 0 Å². The molecule has 1 heterocycles. The summed E-state index contributed by atoms with van der Waals surface area (Å²) < 4.78 is 34.7. The molecule has 0 saturated carbocycles. The Morgan fingerprint density at radius 3 is 2.06 bits per heavy atom. The molecule has 9 heteroatoms. The Balaban J connectivity index is 3.20. The van der Waals surface area contributed by atoms with Crippen LogP contribution in [0.1, 0.15) is 13.8 Å². The molecule has 0 spiro atoms. The second-order valence-corrected chi connectivity index (χ2v) is 4.54. The Morgan fingerprint density at radius 1 is 1.28 bits per heavy atom. The van der Waals surface area contributed by atoms with E-state index in [1.807, 2.05) is 18.7 Å². The maximum absolute atomic E-state index is 10.6. The first kappa shape index (κ1) is 14.3. The quantitative estimate of drug-likeness (QED) is 0.476. The number of nitrogen functional groups attached to an aromatic ring is 2. The van der Waals surface area contributed by atoms with Crippen LogP contribution in [0.25, 0.3) is 0 Å². The highest BCUT2D eigenvalue weighted by Crippen LogP contribution is 2.17. The Labute approximate surface area is 106 Å². The van der Waals surface area contributed by atoms with Crippen LogP contribution in [0.4, 0.5) is 17.3 Å². The summed E-state index contributed by atoms with van der Waals surface area (Å²) in [5.41, 5.74) is 12.0. The van der Waals surface area contributed by atoms with E-state index in [0.717, 1.165) is 18.8 Å². The van der Waals surface area contributed by atoms with Gasteiger partial charge in [-0.05, 0) is 18.6 Å². The monoisotopic (exact) mass is 277 g/mol. The lowest BCUT2D eigenvalue weighted by atomic mass is 10.3. The van der Waals surface area contributed by atoms with Gasteiger partial charge in [0.1, 0.15) is 0 Å². The maximum atomic E-state index is 10.6. The van der Waals surface area contributed by atoms with Crippen molar-refractivity contribution in [3.05, 3.63) is 12.1 Å². The van der Waals surface area contributed by atoms with Crippen molar-refractivity contribution < 1.29 is 22.0 Å². The third kappa shape index (κ3) is 3.37. The molecule has 0 aliphatic rings. The van der Waals surface area contributed by atoms with E-state index in [4.69, 9.17) is 16.0 Å². The number of anilines is 3. The smallest absolute Gasteiger partial charge is 0.372 e. The highest BCUT2D eigenvalue weighted by molar-refractivity contribution is 7.80. The fourth-order valence-corrected chi connectivity index (χ4v) is 1.92. The SMILES string of the molecule is CCN(CC)c1cc(N)[n+](OS(=O)(=O)O)c(N)c1. The Morgan fingerprint density at radius 2 is 1.72 bits per heavy atom. The minimum atomic E-state index is -4.68. The van der Waals surface area contributed by atoms with Crippen molar-refractivity contribution >= 4 is 27.7 Å². The lowest BCUT2D eigenvalue weighted by Gasteiger charge is -2.21. The van der Waals surface area contributed by atoms with Gasteiger partial charge in [0.2, 0.25) is 0 Å². The van der Waals surface area contributed by atoms with Gasteiger partial charge in [-0.2, -0.15) is 8.42 Å². The molecule has 0 saturated heterocycles. The summed E-state index contributed by atoms with van der Waals surface area (Å²) in [6.45, 7) is 5.42. The summed E-state index contributed by atoms with van der Waals surface area (Å²) in [6.07, 6.45) is 0. The minimum Gasteiger partial charge on any atom is -0.372 e. The van der Waals surface area contributed by atoms with Crippen molar-refractivity contribution in [3.8, 4) is 0 Å². The first-order valence-corrected chi connectivity index (χ1v) is 6.68. The van der Waals surface area contributed by atoms with Gasteiger partial charge < -0.3 is 16.4 Å². The van der Waals surface area contributed by atoms with E-state index >= 15 is 0 Å². The molecule has 1 rings (SSSR count). The van der Waals surface area contributed by atoms with Crippen LogP contribution in [0.5, 0.6) is 0 Å². The minimum absolute atomic E-state index is 0.0328. The molecular weight excluding hydrogens is 260 g/mol. The average molecular weight is 277 g/mol. The molecule has 8 nitrogen and oxygen atoms in total. The first-order chi connectivity index (χ1) is 8.28. The zero-order valence-corrected chi connectivity index (χ0v) is 11.0. The molecule has 1 aromatic heterocycles. The third-order valence-electron chi connectivity index (χ3n) is 2.36. The standard InChI is InChI=1S/C9H16N4O4S/c1-3-12(4-2)7-5-8(10)13(9(11)6-7)17-18(14,15)16/h5-6H,3-4H2,1-2H3,(H4,10,11,14,15,16)/p+1. The van der Waals surface area contributed by atoms with Gasteiger partial charge >= 0.3 is 10.4 Å². The molecule has 0 fully saturated rings. The van der Waals surface area contributed by atoms with E-state index in [0.29, 0.717) is 4.73 Å². The zero-order chi connectivity index (χ0) is 13.9. The number of nitrogens with two attached hydrogens (primary N) is 2. The molecule has 5 N–H and O–H groups in total. The second kappa shape index (κ2) is 5.27. The fraction of sp³-hybridized carbons (Fsp3) is 0.444. The van der Waals surface area contributed by atoms with E-state index < -0.39 is 10.4 Å². The van der Waals surface area contributed by atoms with Crippen LogP contribution in [0.3, 0.4) is 0 Å². The van der Waals surface area contributed by atoms with E-state index in [1.165, 1.54) is 12.1 Å². The summed E-state index contributed by atoms with van der Waals surface area (Å²) in [5, 5.41) is 0. The second-order valence-electron chi connectivity index (χ2n) is 3.53. The number of hydrogen-bond donors (Lipinski definition) is 3. The van der Waals surface area contributed by atoms with Crippen LogP contribution < -0.4 is 25.4 Å². The topological polar surface area (TPSA) is 123 Å². The maximum Gasteiger partial charge on any atom is 0.476 e. The highest BCUT2D eigenvalue weighted by atomic mass is 32.3. The molecule has 0 atom stereocenters. The Bertz CT molecular complexity index is 504. The molecule has 0 bridgehead atoms. The summed E-state index contributed by atoms with van der Waals surface area (Å²) in [4.78, 5) is 1.98. The normalized spacial score (nSPS) is 11.3. The van der Waals surface area contributed by atoms with E-state index in [9.17, 15) is 8.42 Å². The first-order valence-electron chi connectivity index (χ1n) is 5.31. The van der Waals surface area contributed by atoms with Gasteiger partial charge in [0.15, 0.2) is 0 Å². The van der Waals surface area contributed by atoms with Gasteiger partial charge in [0, 0.05) is 25.2 Å². The van der Waals surface area contributed by atoms with Gasteiger partial charge in [-0.15, -0.1) is 0 Å². The van der Waals surface area contributed by atoms with Crippen LogP contribution in [0.15, 0.2) is 12.1 Å². The zero-order valence-electron chi connectivity index (χ0n) is 10.2. The lowest BCUT2D eigenvalue weighted by molar-refractivity contribution is -0.833. The van der Waals surface area contributed by atoms with Crippen LogP contribution in [-0.2, 0) is 10.4 Å². The van der Waals surface area contributed by atoms with Gasteiger partial charge in [-0.25, -0.2) is 4.28 Å². The van der Waals surface area contributed by atoms with E-state index in [-0.39, 0.29) is 11.6 Å². The molecule has 0 amide bonds. The van der Waals surface area contributed by atoms with Crippen molar-refractivity contribution in [2.45, 2.75) is 13.8 Å². The van der Waals surface area contributed by atoms with Crippen LogP contribution >= 0.6 is 0 Å². The number of nitrogens with zero attached hydrogens (tertiary/aromatic N) is 2. The molecule has 0 unspecified atom stereocenters. The molecule has 0 aliphatic heterocycles. The molecule has 0 aliphatic carbocycles. The van der Waals surface area contributed by atoms with Crippen LogP contribution in [-0.4, -0.2) is 26.1 Å². The van der Waals surface area contributed by atoms with Crippen molar-refractivity contribution in [3.63, 3.8) is 0 Å². The van der Waals surface area contributed by atoms with E-state index in [2.05, 4.69) is 4.28 Å². The van der Waals surface area contributed by atoms with Gasteiger partial charge in [0.25, 0.3) is 11.6 Å². The highest BCUT2D eigenvalue weighted by Gasteiger charge is 2.19. The van der Waals surface area contributed by atoms with E-state index in [1.54, 1.807) is 0 Å². The third-order valence-corrected chi connectivity index (χ3v) is 2.70. The summed E-state index contributed by atoms with van der Waals surface area (Å²) in [6, 6.07) is 3.02. The van der Waals surface area contributed by atoms with Crippen molar-refractivity contribution in [1.82, 2.24) is 0 Å². The molecule has 18 heavy (non-hydrogen) atoms. The predicted molar refractivity (Wildman–Crippen MR) is 67.2 cm³/mol. The van der Waals surface area contributed by atoms with Crippen molar-refractivity contribution in [1.29, 1.82) is 0 Å². The Hall–Kier alpha value is -1.74. The average Bonchev–Trinajstić information content (AvgIpc) is 2.24. The molecule has 1 aromatic rings. The van der Waals surface area contributed by atoms with Crippen molar-refractivity contribution in [2.75, 3.05) is 29.5 Å². The van der Waals surface area contributed by atoms with Crippen LogP contribution in [0.2, 0.25) is 0 Å². The van der Waals surface area contributed by atoms with Gasteiger partial charge in [-0.1, -0.05) is 0 Å². The number of rotatable bonds is 5. The largest absolute Gasteiger partial charge is 0.476 e. The van der Waals surface area contributed by atoms with Gasteiger partial charge in [-0.3, -0.25) is 4.55 Å². The molecule has 102 valence electrons. The molecular formula is C9H17N4O4S+. The van der Waals surface area contributed by atoms with Gasteiger partial charge in [0.05, 0.1) is 5.69 Å². The fourth-order valence-electron chi connectivity index (χ4n) is 1.56. The van der Waals surface area contributed by atoms with Crippen LogP contribution in [0, 0.1) is 0 Å². The number of aromatic nitrogens is 1. The summed E-state index contributed by atoms with van der Waals surface area (Å²) >= 11 is 0. The molecule has 0 aromatic carbocycles. The predicted octanol–water partition coefficient (Wildman–Crippen LogP) is -0.784. The Kier molecular flexibility index (Phi) is 4.19. The number of pyridine rings is 1. The number of hydrogen-bond acceptors (Lipinski definition) is 6. The lowest BCUT2D eigenvalue weighted by Crippen LogP contribution is -2.50. The molecule has 0 radical (unpaired) electrons. The summed E-state index contributed by atoms with van der Waals surface area (Å²) in [7, 11) is -4.68.